The molecule has 0 saturated heterocycles. The number of aromatic nitrogens is 2. The zero-order valence-corrected chi connectivity index (χ0v) is 13.5. The van der Waals surface area contributed by atoms with E-state index in [0.717, 1.165) is 24.6 Å². The number of hydrogen-bond acceptors (Lipinski definition) is 4. The van der Waals surface area contributed by atoms with Crippen molar-refractivity contribution in [1.29, 1.82) is 0 Å². The molecule has 114 valence electrons. The second-order valence-corrected chi connectivity index (χ2v) is 7.56. The fourth-order valence-electron chi connectivity index (χ4n) is 3.32. The van der Waals surface area contributed by atoms with Gasteiger partial charge in [0.05, 0.1) is 5.92 Å². The summed E-state index contributed by atoms with van der Waals surface area (Å²) in [6, 6.07) is 0.0357. The van der Waals surface area contributed by atoms with Crippen LogP contribution in [0.1, 0.15) is 83.9 Å². The van der Waals surface area contributed by atoms with Crippen LogP contribution in [0.2, 0.25) is 0 Å². The molecule has 1 aromatic rings. The number of rotatable bonds is 4. The Morgan fingerprint density at radius 3 is 2.30 bits per heavy atom. The second-order valence-electron chi connectivity index (χ2n) is 7.56. The van der Waals surface area contributed by atoms with E-state index in [0.29, 0.717) is 17.3 Å². The molecule has 2 atom stereocenters. The third kappa shape index (κ3) is 3.40. The van der Waals surface area contributed by atoms with Crippen molar-refractivity contribution in [2.75, 3.05) is 0 Å². The Bertz CT molecular complexity index is 419. The summed E-state index contributed by atoms with van der Waals surface area (Å²) in [6.07, 6.45) is 4.80. The summed E-state index contributed by atoms with van der Waals surface area (Å²) < 4.78 is 5.51. The fourth-order valence-corrected chi connectivity index (χ4v) is 3.32. The highest BCUT2D eigenvalue weighted by atomic mass is 16.5. The van der Waals surface area contributed by atoms with Crippen LogP contribution >= 0.6 is 0 Å². The quantitative estimate of drug-likeness (QED) is 0.909. The average Bonchev–Trinajstić information content (AvgIpc) is 2.77. The molecule has 2 rings (SSSR count). The molecular weight excluding hydrogens is 250 g/mol. The van der Waals surface area contributed by atoms with Crippen LogP contribution in [-0.2, 0) is 0 Å². The van der Waals surface area contributed by atoms with E-state index in [1.807, 2.05) is 6.92 Å². The Morgan fingerprint density at radius 1 is 1.20 bits per heavy atom. The molecule has 0 bridgehead atoms. The third-order valence-electron chi connectivity index (χ3n) is 4.73. The SMILES string of the molecule is CC(C)C(c1nc(C2CCC(C)(C)CC2)no1)C(C)N. The van der Waals surface area contributed by atoms with Gasteiger partial charge in [0.1, 0.15) is 0 Å². The van der Waals surface area contributed by atoms with Crippen molar-refractivity contribution in [2.24, 2.45) is 17.1 Å². The van der Waals surface area contributed by atoms with Gasteiger partial charge < -0.3 is 10.3 Å². The molecule has 1 fully saturated rings. The van der Waals surface area contributed by atoms with Crippen molar-refractivity contribution >= 4 is 0 Å². The first-order chi connectivity index (χ1) is 9.30. The molecule has 20 heavy (non-hydrogen) atoms. The Morgan fingerprint density at radius 2 is 1.80 bits per heavy atom. The van der Waals surface area contributed by atoms with Crippen LogP contribution in [0.15, 0.2) is 4.52 Å². The Hall–Kier alpha value is -0.900. The van der Waals surface area contributed by atoms with E-state index < -0.39 is 0 Å². The lowest BCUT2D eigenvalue weighted by atomic mass is 9.73. The van der Waals surface area contributed by atoms with E-state index in [2.05, 4.69) is 37.8 Å². The number of nitrogens with zero attached hydrogens (tertiary/aromatic N) is 2. The first-order valence-corrected chi connectivity index (χ1v) is 7.89. The molecule has 0 aromatic carbocycles. The summed E-state index contributed by atoms with van der Waals surface area (Å²) in [5.41, 5.74) is 6.53. The molecule has 1 aromatic heterocycles. The van der Waals surface area contributed by atoms with Crippen molar-refractivity contribution in [2.45, 2.75) is 78.2 Å². The first kappa shape index (κ1) is 15.5. The number of hydrogen-bond donors (Lipinski definition) is 1. The van der Waals surface area contributed by atoms with Crippen LogP contribution in [0.5, 0.6) is 0 Å². The van der Waals surface area contributed by atoms with Gasteiger partial charge in [0, 0.05) is 12.0 Å². The average molecular weight is 279 g/mol. The lowest BCUT2D eigenvalue weighted by Crippen LogP contribution is -2.28. The normalized spacial score (nSPS) is 22.9. The molecule has 0 radical (unpaired) electrons. The molecular formula is C16H29N3O. The van der Waals surface area contributed by atoms with Gasteiger partial charge >= 0.3 is 0 Å². The van der Waals surface area contributed by atoms with Crippen molar-refractivity contribution in [3.8, 4) is 0 Å². The van der Waals surface area contributed by atoms with Crippen molar-refractivity contribution in [3.05, 3.63) is 11.7 Å². The van der Waals surface area contributed by atoms with Gasteiger partial charge in [-0.3, -0.25) is 0 Å². The van der Waals surface area contributed by atoms with Crippen molar-refractivity contribution in [1.82, 2.24) is 10.1 Å². The lowest BCUT2D eigenvalue weighted by molar-refractivity contribution is 0.218. The summed E-state index contributed by atoms with van der Waals surface area (Å²) in [4.78, 5) is 4.67. The molecule has 1 saturated carbocycles. The van der Waals surface area contributed by atoms with Crippen LogP contribution in [0.4, 0.5) is 0 Å². The standard InChI is InChI=1S/C16H29N3O/c1-10(2)13(11(3)17)15-18-14(19-20-15)12-6-8-16(4,5)9-7-12/h10-13H,6-9,17H2,1-5H3. The van der Waals surface area contributed by atoms with E-state index in [1.165, 1.54) is 12.8 Å². The Balaban J connectivity index is 2.09. The largest absolute Gasteiger partial charge is 0.339 e. The summed E-state index contributed by atoms with van der Waals surface area (Å²) >= 11 is 0. The maximum atomic E-state index is 6.07. The predicted octanol–water partition coefficient (Wildman–Crippen LogP) is 3.84. The van der Waals surface area contributed by atoms with E-state index in [4.69, 9.17) is 10.3 Å². The maximum Gasteiger partial charge on any atom is 0.231 e. The summed E-state index contributed by atoms with van der Waals surface area (Å²) in [7, 11) is 0. The van der Waals surface area contributed by atoms with Gasteiger partial charge in [-0.2, -0.15) is 4.98 Å². The topological polar surface area (TPSA) is 64.9 Å². The highest BCUT2D eigenvalue weighted by Crippen LogP contribution is 2.41. The second kappa shape index (κ2) is 5.84. The molecule has 4 heteroatoms. The van der Waals surface area contributed by atoms with Gasteiger partial charge in [-0.05, 0) is 43.9 Å². The monoisotopic (exact) mass is 279 g/mol. The minimum absolute atomic E-state index is 0.0357. The van der Waals surface area contributed by atoms with E-state index in [-0.39, 0.29) is 12.0 Å². The molecule has 2 unspecified atom stereocenters. The van der Waals surface area contributed by atoms with Crippen LogP contribution in [-0.4, -0.2) is 16.2 Å². The minimum atomic E-state index is 0.0357. The molecule has 4 nitrogen and oxygen atoms in total. The van der Waals surface area contributed by atoms with Crippen LogP contribution in [0.25, 0.3) is 0 Å². The molecule has 1 aliphatic rings. The predicted molar refractivity (Wildman–Crippen MR) is 80.5 cm³/mol. The van der Waals surface area contributed by atoms with E-state index >= 15 is 0 Å². The fraction of sp³-hybridized carbons (Fsp3) is 0.875. The zero-order chi connectivity index (χ0) is 14.9. The van der Waals surface area contributed by atoms with Crippen molar-refractivity contribution in [3.63, 3.8) is 0 Å². The maximum absolute atomic E-state index is 6.07. The van der Waals surface area contributed by atoms with Crippen LogP contribution in [0.3, 0.4) is 0 Å². The van der Waals surface area contributed by atoms with Crippen LogP contribution < -0.4 is 5.73 Å². The summed E-state index contributed by atoms with van der Waals surface area (Å²) in [6.45, 7) is 11.0. The van der Waals surface area contributed by atoms with Gasteiger partial charge in [0.2, 0.25) is 5.89 Å². The molecule has 1 aliphatic carbocycles. The van der Waals surface area contributed by atoms with Gasteiger partial charge in [-0.25, -0.2) is 0 Å². The highest BCUT2D eigenvalue weighted by molar-refractivity contribution is 5.04. The lowest BCUT2D eigenvalue weighted by Gasteiger charge is -2.32. The van der Waals surface area contributed by atoms with Crippen molar-refractivity contribution < 1.29 is 4.52 Å². The summed E-state index contributed by atoms with van der Waals surface area (Å²) in [5, 5.41) is 4.23. The third-order valence-corrected chi connectivity index (χ3v) is 4.73. The molecule has 0 amide bonds. The van der Waals surface area contributed by atoms with Gasteiger partial charge in [0.25, 0.3) is 0 Å². The first-order valence-electron chi connectivity index (χ1n) is 7.89. The Kier molecular flexibility index (Phi) is 4.52. The molecule has 0 spiro atoms. The minimum Gasteiger partial charge on any atom is -0.339 e. The van der Waals surface area contributed by atoms with Crippen LogP contribution in [0, 0.1) is 11.3 Å². The van der Waals surface area contributed by atoms with E-state index in [9.17, 15) is 0 Å². The number of nitrogens with two attached hydrogens (primary N) is 1. The zero-order valence-electron chi connectivity index (χ0n) is 13.5. The Labute approximate surface area is 122 Å². The highest BCUT2D eigenvalue weighted by Gasteiger charge is 2.32. The van der Waals surface area contributed by atoms with Gasteiger partial charge in [-0.1, -0.05) is 32.9 Å². The molecule has 0 aliphatic heterocycles. The van der Waals surface area contributed by atoms with E-state index in [1.54, 1.807) is 0 Å². The molecule has 1 heterocycles. The summed E-state index contributed by atoms with van der Waals surface area (Å²) in [5.74, 6) is 2.63. The molecule has 2 N–H and O–H groups in total. The smallest absolute Gasteiger partial charge is 0.231 e. The van der Waals surface area contributed by atoms with Gasteiger partial charge in [-0.15, -0.1) is 0 Å². The van der Waals surface area contributed by atoms with Gasteiger partial charge in [0.15, 0.2) is 5.82 Å².